The Morgan fingerprint density at radius 3 is 2.30 bits per heavy atom. The SMILES string of the molecule is N#CC1CCC(c2cc(N3CCCC3)nc(C(F)(F)F)n2)CC1. The van der Waals surface area contributed by atoms with E-state index in [2.05, 4.69) is 16.0 Å². The summed E-state index contributed by atoms with van der Waals surface area (Å²) in [7, 11) is 0. The molecule has 0 bridgehead atoms. The molecule has 0 unspecified atom stereocenters. The lowest BCUT2D eigenvalue weighted by molar-refractivity contribution is -0.145. The smallest absolute Gasteiger partial charge is 0.356 e. The molecule has 4 nitrogen and oxygen atoms in total. The Hall–Kier alpha value is -1.84. The first kappa shape index (κ1) is 16.0. The van der Waals surface area contributed by atoms with Crippen LogP contribution in [0.3, 0.4) is 0 Å². The molecule has 124 valence electrons. The third kappa shape index (κ3) is 3.57. The van der Waals surface area contributed by atoms with Crippen LogP contribution in [-0.2, 0) is 6.18 Å². The molecule has 0 amide bonds. The molecule has 0 radical (unpaired) electrons. The molecule has 0 N–H and O–H groups in total. The van der Waals surface area contributed by atoms with E-state index >= 15 is 0 Å². The van der Waals surface area contributed by atoms with Crippen LogP contribution in [-0.4, -0.2) is 23.1 Å². The highest BCUT2D eigenvalue weighted by Gasteiger charge is 2.37. The number of nitrogens with zero attached hydrogens (tertiary/aromatic N) is 4. The van der Waals surface area contributed by atoms with Crippen LogP contribution in [0.1, 0.15) is 56.0 Å². The Labute approximate surface area is 133 Å². The standard InChI is InChI=1S/C16H19F3N4/c17-16(18,19)15-21-13(12-5-3-11(10-20)4-6-12)9-14(22-15)23-7-1-2-8-23/h9,11-12H,1-8H2. The maximum atomic E-state index is 13.1. The Morgan fingerprint density at radius 2 is 1.74 bits per heavy atom. The van der Waals surface area contributed by atoms with Crippen molar-refractivity contribution in [1.29, 1.82) is 5.26 Å². The number of nitriles is 1. The molecule has 2 heterocycles. The van der Waals surface area contributed by atoms with E-state index in [9.17, 15) is 13.2 Å². The maximum Gasteiger partial charge on any atom is 0.451 e. The summed E-state index contributed by atoms with van der Waals surface area (Å²) < 4.78 is 39.4. The van der Waals surface area contributed by atoms with Crippen molar-refractivity contribution in [3.05, 3.63) is 17.6 Å². The summed E-state index contributed by atoms with van der Waals surface area (Å²) in [6.07, 6.45) is 0.311. The maximum absolute atomic E-state index is 13.1. The largest absolute Gasteiger partial charge is 0.451 e. The summed E-state index contributed by atoms with van der Waals surface area (Å²) in [6, 6.07) is 3.97. The number of aromatic nitrogens is 2. The average Bonchev–Trinajstić information content (AvgIpc) is 3.08. The molecule has 0 aromatic carbocycles. The number of alkyl halides is 3. The molecule has 0 spiro atoms. The van der Waals surface area contributed by atoms with Crippen LogP contribution >= 0.6 is 0 Å². The van der Waals surface area contributed by atoms with E-state index in [1.54, 1.807) is 6.07 Å². The van der Waals surface area contributed by atoms with Crippen LogP contribution in [0.2, 0.25) is 0 Å². The Bertz CT molecular complexity index is 594. The summed E-state index contributed by atoms with van der Waals surface area (Å²) in [5.41, 5.74) is 0.477. The highest BCUT2D eigenvalue weighted by Crippen LogP contribution is 2.37. The van der Waals surface area contributed by atoms with Crippen molar-refractivity contribution in [2.75, 3.05) is 18.0 Å². The molecule has 1 saturated heterocycles. The molecule has 2 fully saturated rings. The summed E-state index contributed by atoms with van der Waals surface area (Å²) in [5.74, 6) is -0.639. The predicted octanol–water partition coefficient (Wildman–Crippen LogP) is 3.89. The van der Waals surface area contributed by atoms with Gasteiger partial charge in [-0.15, -0.1) is 0 Å². The van der Waals surface area contributed by atoms with Gasteiger partial charge in [0.25, 0.3) is 0 Å². The molecule has 1 aliphatic carbocycles. The summed E-state index contributed by atoms with van der Waals surface area (Å²) in [5, 5.41) is 8.96. The minimum Gasteiger partial charge on any atom is -0.356 e. The number of rotatable bonds is 2. The van der Waals surface area contributed by atoms with Gasteiger partial charge in [-0.05, 0) is 38.5 Å². The molecular formula is C16H19F3N4. The monoisotopic (exact) mass is 324 g/mol. The Morgan fingerprint density at radius 1 is 1.09 bits per heavy atom. The van der Waals surface area contributed by atoms with E-state index in [0.29, 0.717) is 24.4 Å². The third-order valence-corrected chi connectivity index (χ3v) is 4.74. The predicted molar refractivity (Wildman–Crippen MR) is 78.8 cm³/mol. The van der Waals surface area contributed by atoms with E-state index in [4.69, 9.17) is 5.26 Å². The minimum absolute atomic E-state index is 0.00921. The molecule has 1 aromatic heterocycles. The quantitative estimate of drug-likeness (QED) is 0.828. The topological polar surface area (TPSA) is 52.8 Å². The first-order chi connectivity index (χ1) is 11.0. The van der Waals surface area contributed by atoms with E-state index < -0.39 is 12.0 Å². The van der Waals surface area contributed by atoms with Crippen LogP contribution in [0.5, 0.6) is 0 Å². The van der Waals surface area contributed by atoms with Crippen molar-refractivity contribution in [3.63, 3.8) is 0 Å². The van der Waals surface area contributed by atoms with Crippen LogP contribution in [0.4, 0.5) is 19.0 Å². The third-order valence-electron chi connectivity index (χ3n) is 4.74. The first-order valence-corrected chi connectivity index (χ1v) is 8.08. The molecule has 2 aliphatic rings. The van der Waals surface area contributed by atoms with Gasteiger partial charge in [-0.1, -0.05) is 0 Å². The van der Waals surface area contributed by atoms with Crippen LogP contribution in [0.15, 0.2) is 6.07 Å². The highest BCUT2D eigenvalue weighted by molar-refractivity contribution is 5.42. The van der Waals surface area contributed by atoms with E-state index in [1.807, 2.05) is 4.90 Å². The van der Waals surface area contributed by atoms with Gasteiger partial charge in [0.1, 0.15) is 5.82 Å². The van der Waals surface area contributed by atoms with Gasteiger partial charge in [-0.25, -0.2) is 9.97 Å². The molecule has 7 heteroatoms. The number of hydrogen-bond acceptors (Lipinski definition) is 4. The number of anilines is 1. The minimum atomic E-state index is -4.53. The van der Waals surface area contributed by atoms with Gasteiger partial charge in [0.15, 0.2) is 0 Å². The van der Waals surface area contributed by atoms with Crippen LogP contribution in [0.25, 0.3) is 0 Å². The van der Waals surface area contributed by atoms with E-state index in [0.717, 1.165) is 38.8 Å². The van der Waals surface area contributed by atoms with E-state index in [-0.39, 0.29) is 11.8 Å². The summed E-state index contributed by atoms with van der Waals surface area (Å²) in [6.45, 7) is 1.49. The second kappa shape index (κ2) is 6.34. The zero-order chi connectivity index (χ0) is 16.4. The zero-order valence-corrected chi connectivity index (χ0v) is 12.8. The lowest BCUT2D eigenvalue weighted by atomic mass is 9.81. The van der Waals surface area contributed by atoms with Gasteiger partial charge in [0.2, 0.25) is 5.82 Å². The Kier molecular flexibility index (Phi) is 4.42. The lowest BCUT2D eigenvalue weighted by Crippen LogP contribution is -2.23. The average molecular weight is 324 g/mol. The molecule has 1 aromatic rings. The normalized spacial score (nSPS) is 25.4. The molecular weight excluding hydrogens is 305 g/mol. The van der Waals surface area contributed by atoms with Crippen LogP contribution < -0.4 is 4.90 Å². The molecule has 0 atom stereocenters. The molecule has 3 rings (SSSR count). The van der Waals surface area contributed by atoms with Gasteiger partial charge in [-0.3, -0.25) is 0 Å². The Balaban J connectivity index is 1.89. The van der Waals surface area contributed by atoms with Crippen molar-refractivity contribution in [1.82, 2.24) is 9.97 Å². The van der Waals surface area contributed by atoms with Crippen molar-refractivity contribution in [2.45, 2.75) is 50.6 Å². The fourth-order valence-electron chi connectivity index (χ4n) is 3.42. The number of halogens is 3. The fraction of sp³-hybridized carbons (Fsp3) is 0.688. The van der Waals surface area contributed by atoms with Gasteiger partial charge in [0.05, 0.1) is 6.07 Å². The molecule has 23 heavy (non-hydrogen) atoms. The van der Waals surface area contributed by atoms with Crippen molar-refractivity contribution in [2.24, 2.45) is 5.92 Å². The van der Waals surface area contributed by atoms with Crippen molar-refractivity contribution >= 4 is 5.82 Å². The van der Waals surface area contributed by atoms with Gasteiger partial charge in [-0.2, -0.15) is 18.4 Å². The fourth-order valence-corrected chi connectivity index (χ4v) is 3.42. The second-order valence-corrected chi connectivity index (χ2v) is 6.34. The second-order valence-electron chi connectivity index (χ2n) is 6.34. The van der Waals surface area contributed by atoms with Gasteiger partial charge in [0, 0.05) is 36.7 Å². The summed E-state index contributed by atoms with van der Waals surface area (Å²) >= 11 is 0. The zero-order valence-electron chi connectivity index (χ0n) is 12.8. The van der Waals surface area contributed by atoms with Crippen molar-refractivity contribution in [3.8, 4) is 6.07 Å². The first-order valence-electron chi connectivity index (χ1n) is 8.08. The van der Waals surface area contributed by atoms with Crippen LogP contribution in [0, 0.1) is 17.2 Å². The van der Waals surface area contributed by atoms with Gasteiger partial charge < -0.3 is 4.90 Å². The summed E-state index contributed by atoms with van der Waals surface area (Å²) in [4.78, 5) is 9.46. The highest BCUT2D eigenvalue weighted by atomic mass is 19.4. The van der Waals surface area contributed by atoms with Crippen molar-refractivity contribution < 1.29 is 13.2 Å². The molecule has 1 saturated carbocycles. The van der Waals surface area contributed by atoms with E-state index in [1.165, 1.54) is 0 Å². The van der Waals surface area contributed by atoms with Gasteiger partial charge >= 0.3 is 6.18 Å². The lowest BCUT2D eigenvalue weighted by Gasteiger charge is -2.26. The number of hydrogen-bond donors (Lipinski definition) is 0. The molecule has 1 aliphatic heterocycles.